The minimum Gasteiger partial charge on any atom is -0.380 e. The van der Waals surface area contributed by atoms with Gasteiger partial charge in [-0.25, -0.2) is 17.5 Å². The quantitative estimate of drug-likeness (QED) is 0.832. The van der Waals surface area contributed by atoms with E-state index in [9.17, 15) is 12.8 Å². The van der Waals surface area contributed by atoms with Crippen LogP contribution >= 0.6 is 0 Å². The van der Waals surface area contributed by atoms with E-state index in [-0.39, 0.29) is 17.0 Å². The van der Waals surface area contributed by atoms with E-state index in [2.05, 4.69) is 10.0 Å². The standard InChI is InChI=1S/C14H21FN2O3S/c1-16-9-10-6-7-14(11(15)8-10)21(18,19)17-12-4-3-5-13(12)20-2/h6-8,12-13,16-17H,3-5,9H2,1-2H3. The predicted octanol–water partition coefficient (Wildman–Crippen LogP) is 1.39. The van der Waals surface area contributed by atoms with Gasteiger partial charge in [0.25, 0.3) is 0 Å². The van der Waals surface area contributed by atoms with Gasteiger partial charge in [-0.2, -0.15) is 0 Å². The number of rotatable bonds is 6. The van der Waals surface area contributed by atoms with E-state index in [4.69, 9.17) is 4.74 Å². The molecule has 2 rings (SSSR count). The van der Waals surface area contributed by atoms with Crippen molar-refractivity contribution in [1.82, 2.24) is 10.0 Å². The number of hydrogen-bond donors (Lipinski definition) is 2. The molecule has 21 heavy (non-hydrogen) atoms. The summed E-state index contributed by atoms with van der Waals surface area (Å²) in [4.78, 5) is -0.316. The molecule has 0 saturated heterocycles. The molecule has 1 aromatic carbocycles. The van der Waals surface area contributed by atoms with Crippen LogP contribution in [-0.4, -0.2) is 34.7 Å². The Bertz CT molecular complexity index is 592. The van der Waals surface area contributed by atoms with Crippen LogP contribution in [0.5, 0.6) is 0 Å². The first kappa shape index (κ1) is 16.4. The van der Waals surface area contributed by atoms with E-state index >= 15 is 0 Å². The first-order valence-electron chi connectivity index (χ1n) is 6.96. The second-order valence-electron chi connectivity index (χ2n) is 5.23. The van der Waals surface area contributed by atoms with Crippen LogP contribution in [0.4, 0.5) is 4.39 Å². The summed E-state index contributed by atoms with van der Waals surface area (Å²) < 4.78 is 46.5. The van der Waals surface area contributed by atoms with Gasteiger partial charge in [-0.1, -0.05) is 6.07 Å². The molecular formula is C14H21FN2O3S. The zero-order valence-electron chi connectivity index (χ0n) is 12.2. The van der Waals surface area contributed by atoms with Gasteiger partial charge >= 0.3 is 0 Å². The minimum absolute atomic E-state index is 0.147. The molecule has 2 unspecified atom stereocenters. The molecule has 0 spiro atoms. The Kier molecular flexibility index (Phi) is 5.32. The van der Waals surface area contributed by atoms with Crippen molar-refractivity contribution < 1.29 is 17.5 Å². The van der Waals surface area contributed by atoms with E-state index < -0.39 is 15.8 Å². The van der Waals surface area contributed by atoms with Crippen LogP contribution in [0.3, 0.4) is 0 Å². The van der Waals surface area contributed by atoms with E-state index in [0.717, 1.165) is 12.8 Å². The lowest BCUT2D eigenvalue weighted by atomic mass is 10.2. The van der Waals surface area contributed by atoms with Crippen LogP contribution in [0.1, 0.15) is 24.8 Å². The van der Waals surface area contributed by atoms with Crippen LogP contribution in [-0.2, 0) is 21.3 Å². The Hall–Kier alpha value is -1.02. The maximum atomic E-state index is 14.0. The molecule has 1 saturated carbocycles. The first-order valence-corrected chi connectivity index (χ1v) is 8.44. The molecule has 0 radical (unpaired) electrons. The highest BCUT2D eigenvalue weighted by Crippen LogP contribution is 2.24. The van der Waals surface area contributed by atoms with Gasteiger partial charge in [0.2, 0.25) is 10.0 Å². The predicted molar refractivity (Wildman–Crippen MR) is 77.9 cm³/mol. The molecule has 1 aromatic rings. The van der Waals surface area contributed by atoms with E-state index in [1.807, 2.05) is 0 Å². The zero-order valence-corrected chi connectivity index (χ0v) is 13.0. The van der Waals surface area contributed by atoms with Crippen molar-refractivity contribution in [3.8, 4) is 0 Å². The maximum absolute atomic E-state index is 14.0. The number of halogens is 1. The summed E-state index contributed by atoms with van der Waals surface area (Å²) in [6, 6.07) is 3.86. The largest absolute Gasteiger partial charge is 0.380 e. The Morgan fingerprint density at radius 1 is 1.38 bits per heavy atom. The average molecular weight is 316 g/mol. The van der Waals surface area contributed by atoms with Crippen LogP contribution in [0.15, 0.2) is 23.1 Å². The van der Waals surface area contributed by atoms with E-state index in [1.54, 1.807) is 20.2 Å². The summed E-state index contributed by atoms with van der Waals surface area (Å²) in [5.74, 6) is -0.734. The molecule has 0 bridgehead atoms. The Morgan fingerprint density at radius 2 is 2.14 bits per heavy atom. The third kappa shape index (κ3) is 3.79. The van der Waals surface area contributed by atoms with Gasteiger partial charge in [0.05, 0.1) is 6.10 Å². The van der Waals surface area contributed by atoms with Crippen LogP contribution in [0.2, 0.25) is 0 Å². The Labute approximate surface area is 124 Å². The van der Waals surface area contributed by atoms with E-state index in [1.165, 1.54) is 12.1 Å². The van der Waals surface area contributed by atoms with Gasteiger partial charge in [0.15, 0.2) is 0 Å². The summed E-state index contributed by atoms with van der Waals surface area (Å²) in [5.41, 5.74) is 0.699. The van der Waals surface area contributed by atoms with Crippen LogP contribution in [0.25, 0.3) is 0 Å². The van der Waals surface area contributed by atoms with Gasteiger partial charge in [-0.15, -0.1) is 0 Å². The highest BCUT2D eigenvalue weighted by Gasteiger charge is 2.32. The van der Waals surface area contributed by atoms with Crippen molar-refractivity contribution in [2.24, 2.45) is 0 Å². The zero-order chi connectivity index (χ0) is 15.5. The van der Waals surface area contributed by atoms with Gasteiger partial charge in [0, 0.05) is 19.7 Å². The fourth-order valence-electron chi connectivity index (χ4n) is 2.68. The Balaban J connectivity index is 2.19. The molecule has 1 aliphatic rings. The lowest BCUT2D eigenvalue weighted by Gasteiger charge is -2.19. The van der Waals surface area contributed by atoms with Crippen molar-refractivity contribution in [3.63, 3.8) is 0 Å². The fourth-order valence-corrected chi connectivity index (χ4v) is 4.04. The average Bonchev–Trinajstić information content (AvgIpc) is 2.85. The van der Waals surface area contributed by atoms with Crippen molar-refractivity contribution in [2.45, 2.75) is 42.8 Å². The molecule has 0 amide bonds. The van der Waals surface area contributed by atoms with Gasteiger partial charge in [-0.3, -0.25) is 0 Å². The number of nitrogens with one attached hydrogen (secondary N) is 2. The highest BCUT2D eigenvalue weighted by atomic mass is 32.2. The van der Waals surface area contributed by atoms with Gasteiger partial charge in [0.1, 0.15) is 10.7 Å². The van der Waals surface area contributed by atoms with Crippen molar-refractivity contribution >= 4 is 10.0 Å². The molecule has 0 aliphatic heterocycles. The van der Waals surface area contributed by atoms with E-state index in [0.29, 0.717) is 18.5 Å². The number of benzene rings is 1. The van der Waals surface area contributed by atoms with Crippen molar-refractivity contribution in [3.05, 3.63) is 29.6 Å². The summed E-state index contributed by atoms with van der Waals surface area (Å²) in [6.45, 7) is 0.485. The summed E-state index contributed by atoms with van der Waals surface area (Å²) >= 11 is 0. The second-order valence-corrected chi connectivity index (χ2v) is 6.91. The smallest absolute Gasteiger partial charge is 0.243 e. The summed E-state index contributed by atoms with van der Waals surface area (Å²) in [7, 11) is -0.569. The lowest BCUT2D eigenvalue weighted by Crippen LogP contribution is -2.40. The number of hydrogen-bond acceptors (Lipinski definition) is 4. The monoisotopic (exact) mass is 316 g/mol. The van der Waals surface area contributed by atoms with Crippen molar-refractivity contribution in [2.75, 3.05) is 14.2 Å². The molecule has 5 nitrogen and oxygen atoms in total. The maximum Gasteiger partial charge on any atom is 0.243 e. The first-order chi connectivity index (χ1) is 9.97. The van der Waals surface area contributed by atoms with Crippen molar-refractivity contribution in [1.29, 1.82) is 0 Å². The molecule has 0 heterocycles. The Morgan fingerprint density at radius 3 is 2.76 bits per heavy atom. The molecule has 1 fully saturated rings. The molecule has 118 valence electrons. The summed E-state index contributed by atoms with van der Waals surface area (Å²) in [6.07, 6.45) is 2.27. The SMILES string of the molecule is CNCc1ccc(S(=O)(=O)NC2CCCC2OC)c(F)c1. The topological polar surface area (TPSA) is 67.4 Å². The molecular weight excluding hydrogens is 295 g/mol. The molecule has 7 heteroatoms. The third-order valence-electron chi connectivity index (χ3n) is 3.73. The highest BCUT2D eigenvalue weighted by molar-refractivity contribution is 7.89. The second kappa shape index (κ2) is 6.83. The fraction of sp³-hybridized carbons (Fsp3) is 0.571. The molecule has 1 aliphatic carbocycles. The molecule has 0 aromatic heterocycles. The number of ether oxygens (including phenoxy) is 1. The van der Waals surface area contributed by atoms with Gasteiger partial charge < -0.3 is 10.1 Å². The summed E-state index contributed by atoms with van der Waals surface area (Å²) in [5, 5.41) is 2.89. The van der Waals surface area contributed by atoms with Crippen LogP contribution < -0.4 is 10.0 Å². The number of methoxy groups -OCH3 is 1. The molecule has 2 N–H and O–H groups in total. The normalized spacial score (nSPS) is 22.6. The number of sulfonamides is 1. The lowest BCUT2D eigenvalue weighted by molar-refractivity contribution is 0.0916. The molecule has 2 atom stereocenters. The minimum atomic E-state index is -3.87. The van der Waals surface area contributed by atoms with Crippen LogP contribution in [0, 0.1) is 5.82 Å². The third-order valence-corrected chi connectivity index (χ3v) is 5.25. The van der Waals surface area contributed by atoms with Gasteiger partial charge in [-0.05, 0) is 44.0 Å².